The molecule has 5 heteroatoms. The summed E-state index contributed by atoms with van der Waals surface area (Å²) >= 11 is 0. The number of benzene rings is 1. The van der Waals surface area contributed by atoms with E-state index in [-0.39, 0.29) is 11.9 Å². The van der Waals surface area contributed by atoms with Gasteiger partial charge in [-0.05, 0) is 31.7 Å². The minimum Gasteiger partial charge on any atom is -0.481 e. The van der Waals surface area contributed by atoms with Crippen LogP contribution in [0.15, 0.2) is 30.3 Å². The van der Waals surface area contributed by atoms with Gasteiger partial charge in [-0.15, -0.1) is 0 Å². The molecule has 0 spiro atoms. The van der Waals surface area contributed by atoms with Crippen LogP contribution in [0.4, 0.5) is 0 Å². The van der Waals surface area contributed by atoms with Crippen molar-refractivity contribution in [3.63, 3.8) is 0 Å². The number of carbonyl (C=O) groups is 2. The number of nitrogens with zero attached hydrogens (tertiary/aromatic N) is 1. The maximum absolute atomic E-state index is 12.2. The van der Waals surface area contributed by atoms with E-state index in [9.17, 15) is 9.59 Å². The van der Waals surface area contributed by atoms with Gasteiger partial charge >= 0.3 is 5.97 Å². The number of aliphatic carboxylic acids is 1. The average molecular weight is 319 g/mol. The smallest absolute Gasteiger partial charge is 0.308 e. The molecule has 0 bridgehead atoms. The standard InChI is InChI=1S/C18H25NO4/c1-14-16(18(21)22)9-11-19(14)17(20)8-5-12-23-13-10-15-6-3-2-4-7-15/h2-4,6-7,14,16H,5,8-13H2,1H3,(H,21,22). The first-order valence-corrected chi connectivity index (χ1v) is 8.23. The quantitative estimate of drug-likeness (QED) is 0.747. The summed E-state index contributed by atoms with van der Waals surface area (Å²) in [5.41, 5.74) is 1.24. The number of rotatable bonds is 8. The molecule has 1 aromatic carbocycles. The van der Waals surface area contributed by atoms with Crippen LogP contribution < -0.4 is 0 Å². The van der Waals surface area contributed by atoms with Gasteiger partial charge in [-0.25, -0.2) is 0 Å². The summed E-state index contributed by atoms with van der Waals surface area (Å²) < 4.78 is 5.57. The number of carboxylic acid groups (broad SMARTS) is 1. The fourth-order valence-corrected chi connectivity index (χ4v) is 3.03. The maximum Gasteiger partial charge on any atom is 0.308 e. The van der Waals surface area contributed by atoms with E-state index in [1.54, 1.807) is 4.90 Å². The Morgan fingerprint density at radius 3 is 2.65 bits per heavy atom. The molecule has 5 nitrogen and oxygen atoms in total. The molecule has 2 rings (SSSR count). The van der Waals surface area contributed by atoms with Crippen LogP contribution in [0, 0.1) is 5.92 Å². The Kier molecular flexibility index (Phi) is 6.59. The van der Waals surface area contributed by atoms with Crippen LogP contribution in [0.3, 0.4) is 0 Å². The Bertz CT molecular complexity index is 517. The predicted molar refractivity (Wildman–Crippen MR) is 87.1 cm³/mol. The van der Waals surface area contributed by atoms with Crippen LogP contribution in [0.5, 0.6) is 0 Å². The van der Waals surface area contributed by atoms with Gasteiger partial charge in [0, 0.05) is 25.6 Å². The van der Waals surface area contributed by atoms with E-state index in [0.717, 1.165) is 6.42 Å². The Morgan fingerprint density at radius 2 is 2.00 bits per heavy atom. The average Bonchev–Trinajstić information content (AvgIpc) is 2.93. The first-order valence-electron chi connectivity index (χ1n) is 8.23. The van der Waals surface area contributed by atoms with Crippen molar-refractivity contribution in [1.29, 1.82) is 0 Å². The first kappa shape index (κ1) is 17.5. The van der Waals surface area contributed by atoms with Gasteiger partial charge in [0.15, 0.2) is 0 Å². The lowest BCUT2D eigenvalue weighted by Gasteiger charge is -2.23. The third-order valence-corrected chi connectivity index (χ3v) is 4.45. The maximum atomic E-state index is 12.2. The van der Waals surface area contributed by atoms with Crippen LogP contribution >= 0.6 is 0 Å². The third kappa shape index (κ3) is 5.06. The Morgan fingerprint density at radius 1 is 1.26 bits per heavy atom. The van der Waals surface area contributed by atoms with Crippen molar-refractivity contribution in [2.45, 2.75) is 38.6 Å². The van der Waals surface area contributed by atoms with Crippen molar-refractivity contribution in [3.05, 3.63) is 35.9 Å². The van der Waals surface area contributed by atoms with Crippen molar-refractivity contribution in [2.75, 3.05) is 19.8 Å². The summed E-state index contributed by atoms with van der Waals surface area (Å²) in [6.45, 7) is 3.58. The van der Waals surface area contributed by atoms with E-state index in [1.807, 2.05) is 25.1 Å². The highest BCUT2D eigenvalue weighted by molar-refractivity contribution is 5.79. The van der Waals surface area contributed by atoms with Crippen LogP contribution in [0.25, 0.3) is 0 Å². The molecule has 1 saturated heterocycles. The molecule has 1 aromatic rings. The van der Waals surface area contributed by atoms with E-state index < -0.39 is 11.9 Å². The van der Waals surface area contributed by atoms with Gasteiger partial charge < -0.3 is 14.7 Å². The van der Waals surface area contributed by atoms with Crippen LogP contribution in [0.2, 0.25) is 0 Å². The molecule has 0 aliphatic carbocycles. The van der Waals surface area contributed by atoms with Gasteiger partial charge in [-0.3, -0.25) is 9.59 Å². The van der Waals surface area contributed by atoms with Crippen LogP contribution in [-0.2, 0) is 20.7 Å². The van der Waals surface area contributed by atoms with Gasteiger partial charge in [-0.1, -0.05) is 30.3 Å². The second-order valence-corrected chi connectivity index (χ2v) is 6.01. The zero-order chi connectivity index (χ0) is 16.7. The van der Waals surface area contributed by atoms with E-state index in [4.69, 9.17) is 9.84 Å². The number of likely N-dealkylation sites (tertiary alicyclic amines) is 1. The van der Waals surface area contributed by atoms with Gasteiger partial charge in [-0.2, -0.15) is 0 Å². The highest BCUT2D eigenvalue weighted by Crippen LogP contribution is 2.25. The number of ether oxygens (including phenoxy) is 1. The summed E-state index contributed by atoms with van der Waals surface area (Å²) in [5, 5.41) is 9.09. The van der Waals surface area contributed by atoms with Crippen molar-refractivity contribution in [2.24, 2.45) is 5.92 Å². The first-order chi connectivity index (χ1) is 11.1. The Hall–Kier alpha value is -1.88. The lowest BCUT2D eigenvalue weighted by Crippen LogP contribution is -2.37. The highest BCUT2D eigenvalue weighted by atomic mass is 16.5. The second-order valence-electron chi connectivity index (χ2n) is 6.01. The van der Waals surface area contributed by atoms with E-state index in [0.29, 0.717) is 39.0 Å². The van der Waals surface area contributed by atoms with Crippen LogP contribution in [-0.4, -0.2) is 47.7 Å². The highest BCUT2D eigenvalue weighted by Gasteiger charge is 2.37. The molecule has 1 fully saturated rings. The molecule has 23 heavy (non-hydrogen) atoms. The van der Waals surface area contributed by atoms with Gasteiger partial charge in [0.25, 0.3) is 0 Å². The predicted octanol–water partition coefficient (Wildman–Crippen LogP) is 2.35. The normalized spacial score (nSPS) is 20.7. The van der Waals surface area contributed by atoms with Gasteiger partial charge in [0.2, 0.25) is 5.91 Å². The zero-order valence-corrected chi connectivity index (χ0v) is 13.6. The molecular formula is C18H25NO4. The molecule has 1 N–H and O–H groups in total. The molecule has 1 heterocycles. The van der Waals surface area contributed by atoms with Crippen molar-refractivity contribution in [1.82, 2.24) is 4.90 Å². The van der Waals surface area contributed by atoms with Crippen molar-refractivity contribution in [3.8, 4) is 0 Å². The molecular weight excluding hydrogens is 294 g/mol. The van der Waals surface area contributed by atoms with E-state index in [2.05, 4.69) is 12.1 Å². The fraction of sp³-hybridized carbons (Fsp3) is 0.556. The topological polar surface area (TPSA) is 66.8 Å². The summed E-state index contributed by atoms with van der Waals surface area (Å²) in [5.74, 6) is -1.20. The summed E-state index contributed by atoms with van der Waals surface area (Å²) in [7, 11) is 0. The summed E-state index contributed by atoms with van der Waals surface area (Å²) in [4.78, 5) is 24.9. The molecule has 2 atom stereocenters. The minimum absolute atomic E-state index is 0.0351. The largest absolute Gasteiger partial charge is 0.481 e. The number of hydrogen-bond acceptors (Lipinski definition) is 3. The monoisotopic (exact) mass is 319 g/mol. The molecule has 0 saturated carbocycles. The fourth-order valence-electron chi connectivity index (χ4n) is 3.03. The molecule has 1 amide bonds. The third-order valence-electron chi connectivity index (χ3n) is 4.45. The van der Waals surface area contributed by atoms with E-state index in [1.165, 1.54) is 5.56 Å². The van der Waals surface area contributed by atoms with Gasteiger partial charge in [0.05, 0.1) is 12.5 Å². The lowest BCUT2D eigenvalue weighted by atomic mass is 10.0. The lowest BCUT2D eigenvalue weighted by molar-refractivity contribution is -0.143. The second kappa shape index (κ2) is 8.67. The molecule has 126 valence electrons. The molecule has 1 aliphatic rings. The number of carboxylic acids is 1. The number of amides is 1. The minimum atomic E-state index is -0.808. The molecule has 2 unspecified atom stereocenters. The molecule has 0 aromatic heterocycles. The van der Waals surface area contributed by atoms with Crippen molar-refractivity contribution >= 4 is 11.9 Å². The number of hydrogen-bond donors (Lipinski definition) is 1. The Balaban J connectivity index is 1.59. The summed E-state index contributed by atoms with van der Waals surface area (Å²) in [6, 6.07) is 9.94. The van der Waals surface area contributed by atoms with E-state index >= 15 is 0 Å². The number of carbonyl (C=O) groups excluding carboxylic acids is 1. The van der Waals surface area contributed by atoms with Crippen LogP contribution in [0.1, 0.15) is 31.7 Å². The summed E-state index contributed by atoms with van der Waals surface area (Å²) in [6.07, 6.45) is 2.52. The molecule has 0 radical (unpaired) electrons. The Labute approximate surface area is 137 Å². The van der Waals surface area contributed by atoms with Gasteiger partial charge in [0.1, 0.15) is 0 Å². The van der Waals surface area contributed by atoms with Crippen molar-refractivity contribution < 1.29 is 19.4 Å². The zero-order valence-electron chi connectivity index (χ0n) is 13.6. The SMILES string of the molecule is CC1C(C(=O)O)CCN1C(=O)CCCOCCc1ccccc1. The molecule has 1 aliphatic heterocycles.